The van der Waals surface area contributed by atoms with Crippen molar-refractivity contribution < 1.29 is 34.0 Å². The van der Waals surface area contributed by atoms with E-state index in [2.05, 4.69) is 0 Å². The lowest BCUT2D eigenvalue weighted by atomic mass is 10.2. The summed E-state index contributed by atoms with van der Waals surface area (Å²) in [6.45, 7) is 3.49. The lowest BCUT2D eigenvalue weighted by Crippen LogP contribution is -2.28. The molecule has 0 saturated carbocycles. The summed E-state index contributed by atoms with van der Waals surface area (Å²) in [6, 6.07) is 0. The van der Waals surface area contributed by atoms with Gasteiger partial charge >= 0.3 is 11.9 Å². The lowest BCUT2D eigenvalue weighted by Gasteiger charge is -2.08. The molecule has 0 aromatic carbocycles. The van der Waals surface area contributed by atoms with E-state index in [4.69, 9.17) is 24.4 Å². The molecule has 0 unspecified atom stereocenters. The fraction of sp³-hybridized carbons (Fsp3) is 0.800. The molecule has 0 atom stereocenters. The Morgan fingerprint density at radius 1 is 0.941 bits per heavy atom. The van der Waals surface area contributed by atoms with Crippen LogP contribution in [0.15, 0.2) is 0 Å². The van der Waals surface area contributed by atoms with Gasteiger partial charge in [0.1, 0.15) is 0 Å². The summed E-state index contributed by atoms with van der Waals surface area (Å²) in [4.78, 5) is 20.9. The Labute approximate surface area is 99.3 Å². The van der Waals surface area contributed by atoms with Gasteiger partial charge in [0.05, 0.1) is 33.0 Å². The Kier molecular flexibility index (Phi) is 9.31. The second-order valence-electron chi connectivity index (χ2n) is 3.11. The molecule has 2 N–H and O–H groups in total. The highest BCUT2D eigenvalue weighted by Crippen LogP contribution is 1.98. The SMILES string of the molecule is CCOCCOCCOCC(C(=O)O)C(=O)O. The van der Waals surface area contributed by atoms with Crippen molar-refractivity contribution in [2.75, 3.05) is 39.6 Å². The third kappa shape index (κ3) is 8.61. The summed E-state index contributed by atoms with van der Waals surface area (Å²) < 4.78 is 15.0. The normalized spacial score (nSPS) is 10.7. The topological polar surface area (TPSA) is 102 Å². The molecule has 0 fully saturated rings. The summed E-state index contributed by atoms with van der Waals surface area (Å²) in [5.41, 5.74) is 0. The molecule has 0 bridgehead atoms. The van der Waals surface area contributed by atoms with E-state index in [9.17, 15) is 9.59 Å². The first kappa shape index (κ1) is 15.8. The highest BCUT2D eigenvalue weighted by atomic mass is 16.5. The van der Waals surface area contributed by atoms with Crippen molar-refractivity contribution >= 4 is 11.9 Å². The van der Waals surface area contributed by atoms with Crippen LogP contribution in [0, 0.1) is 5.92 Å². The second kappa shape index (κ2) is 10.0. The Hall–Kier alpha value is -1.18. The maximum absolute atomic E-state index is 10.5. The van der Waals surface area contributed by atoms with Gasteiger partial charge in [-0.25, -0.2) is 0 Å². The number of carboxylic acids is 2. The van der Waals surface area contributed by atoms with Crippen LogP contribution >= 0.6 is 0 Å². The van der Waals surface area contributed by atoms with Crippen LogP contribution in [0.5, 0.6) is 0 Å². The predicted molar refractivity (Wildman–Crippen MR) is 56.9 cm³/mol. The molecule has 0 aromatic heterocycles. The first-order valence-electron chi connectivity index (χ1n) is 5.28. The van der Waals surface area contributed by atoms with Crippen molar-refractivity contribution in [1.29, 1.82) is 0 Å². The Morgan fingerprint density at radius 2 is 1.41 bits per heavy atom. The van der Waals surface area contributed by atoms with Crippen LogP contribution in [-0.2, 0) is 23.8 Å². The zero-order valence-electron chi connectivity index (χ0n) is 9.76. The minimum atomic E-state index is -1.53. The second-order valence-corrected chi connectivity index (χ2v) is 3.11. The molecule has 0 aliphatic heterocycles. The molecule has 17 heavy (non-hydrogen) atoms. The van der Waals surface area contributed by atoms with Crippen molar-refractivity contribution in [3.63, 3.8) is 0 Å². The predicted octanol–water partition coefficient (Wildman–Crippen LogP) is -0.158. The first-order valence-corrected chi connectivity index (χ1v) is 5.28. The van der Waals surface area contributed by atoms with E-state index in [1.54, 1.807) is 0 Å². The van der Waals surface area contributed by atoms with Crippen LogP contribution in [-0.4, -0.2) is 61.8 Å². The van der Waals surface area contributed by atoms with E-state index in [0.717, 1.165) is 0 Å². The molecule has 100 valence electrons. The van der Waals surface area contributed by atoms with Gasteiger partial charge in [0.15, 0.2) is 5.92 Å². The van der Waals surface area contributed by atoms with E-state index >= 15 is 0 Å². The highest BCUT2D eigenvalue weighted by Gasteiger charge is 2.25. The molecule has 7 heteroatoms. The molecule has 0 saturated heterocycles. The van der Waals surface area contributed by atoms with Crippen molar-refractivity contribution in [2.45, 2.75) is 6.92 Å². The van der Waals surface area contributed by atoms with E-state index in [1.807, 2.05) is 6.92 Å². The van der Waals surface area contributed by atoms with Crippen molar-refractivity contribution in [3.05, 3.63) is 0 Å². The van der Waals surface area contributed by atoms with Gasteiger partial charge in [0, 0.05) is 6.61 Å². The molecular weight excluding hydrogens is 232 g/mol. The van der Waals surface area contributed by atoms with Gasteiger partial charge in [0.25, 0.3) is 0 Å². The molecule has 0 aliphatic rings. The van der Waals surface area contributed by atoms with Gasteiger partial charge in [-0.1, -0.05) is 0 Å². The summed E-state index contributed by atoms with van der Waals surface area (Å²) in [6.07, 6.45) is 0. The minimum absolute atomic E-state index is 0.156. The number of hydrogen-bond acceptors (Lipinski definition) is 5. The number of carboxylic acid groups (broad SMARTS) is 2. The number of carbonyl (C=O) groups is 2. The molecule has 0 heterocycles. The monoisotopic (exact) mass is 250 g/mol. The van der Waals surface area contributed by atoms with Crippen LogP contribution in [0.2, 0.25) is 0 Å². The quantitative estimate of drug-likeness (QED) is 0.388. The molecule has 0 aliphatic carbocycles. The number of hydrogen-bond donors (Lipinski definition) is 2. The standard InChI is InChI=1S/C10H18O7/c1-2-15-3-4-16-5-6-17-7-8(9(11)12)10(13)14/h8H,2-7H2,1H3,(H,11,12)(H,13,14). The number of rotatable bonds is 11. The van der Waals surface area contributed by atoms with Crippen LogP contribution in [0.25, 0.3) is 0 Å². The van der Waals surface area contributed by atoms with Crippen LogP contribution in [0.3, 0.4) is 0 Å². The van der Waals surface area contributed by atoms with Gasteiger partial charge in [-0.2, -0.15) is 0 Å². The van der Waals surface area contributed by atoms with Crippen LogP contribution in [0.4, 0.5) is 0 Å². The minimum Gasteiger partial charge on any atom is -0.481 e. The molecular formula is C10H18O7. The van der Waals surface area contributed by atoms with Gasteiger partial charge in [-0.05, 0) is 6.92 Å². The Balaban J connectivity index is 3.43. The summed E-state index contributed by atoms with van der Waals surface area (Å²) >= 11 is 0. The Bertz CT molecular complexity index is 215. The third-order valence-corrected chi connectivity index (χ3v) is 1.83. The molecule has 7 nitrogen and oxygen atoms in total. The van der Waals surface area contributed by atoms with Crippen molar-refractivity contribution in [2.24, 2.45) is 5.92 Å². The fourth-order valence-corrected chi connectivity index (χ4v) is 0.931. The summed E-state index contributed by atoms with van der Waals surface area (Å²) in [7, 11) is 0. The fourth-order valence-electron chi connectivity index (χ4n) is 0.931. The molecule has 0 amide bonds. The maximum Gasteiger partial charge on any atom is 0.320 e. The largest absolute Gasteiger partial charge is 0.481 e. The zero-order valence-corrected chi connectivity index (χ0v) is 9.76. The van der Waals surface area contributed by atoms with Crippen molar-refractivity contribution in [3.8, 4) is 0 Å². The van der Waals surface area contributed by atoms with Crippen LogP contribution < -0.4 is 0 Å². The van der Waals surface area contributed by atoms with E-state index in [-0.39, 0.29) is 19.8 Å². The van der Waals surface area contributed by atoms with Gasteiger partial charge in [0.2, 0.25) is 0 Å². The molecule has 0 spiro atoms. The lowest BCUT2D eigenvalue weighted by molar-refractivity contribution is -0.157. The average molecular weight is 250 g/mol. The summed E-state index contributed by atoms with van der Waals surface area (Å²) in [5.74, 6) is -4.34. The van der Waals surface area contributed by atoms with Gasteiger partial charge in [-0.3, -0.25) is 9.59 Å². The summed E-state index contributed by atoms with van der Waals surface area (Å²) in [5, 5.41) is 17.1. The maximum atomic E-state index is 10.5. The van der Waals surface area contributed by atoms with Crippen molar-refractivity contribution in [1.82, 2.24) is 0 Å². The number of ether oxygens (including phenoxy) is 3. The van der Waals surface area contributed by atoms with Crippen LogP contribution in [0.1, 0.15) is 6.92 Å². The molecule has 0 radical (unpaired) electrons. The zero-order chi connectivity index (χ0) is 13.1. The smallest absolute Gasteiger partial charge is 0.320 e. The van der Waals surface area contributed by atoms with E-state index < -0.39 is 17.9 Å². The molecule has 0 aromatic rings. The van der Waals surface area contributed by atoms with E-state index in [0.29, 0.717) is 19.8 Å². The first-order chi connectivity index (χ1) is 8.09. The average Bonchev–Trinajstić information content (AvgIpc) is 2.26. The van der Waals surface area contributed by atoms with Gasteiger partial charge < -0.3 is 24.4 Å². The highest BCUT2D eigenvalue weighted by molar-refractivity contribution is 5.92. The van der Waals surface area contributed by atoms with Gasteiger partial charge in [-0.15, -0.1) is 0 Å². The number of aliphatic carboxylic acids is 2. The van der Waals surface area contributed by atoms with E-state index in [1.165, 1.54) is 0 Å². The Morgan fingerprint density at radius 3 is 1.88 bits per heavy atom. The third-order valence-electron chi connectivity index (χ3n) is 1.83. The molecule has 0 rings (SSSR count).